The number of aromatic hydroxyl groups is 1. The number of hydrogen-bond donors (Lipinski definition) is 2. The van der Waals surface area contributed by atoms with Gasteiger partial charge in [-0.1, -0.05) is 5.16 Å². The maximum atomic E-state index is 13.6. The van der Waals surface area contributed by atoms with Crippen LogP contribution in [0.15, 0.2) is 22.7 Å². The third-order valence-corrected chi connectivity index (χ3v) is 2.48. The number of carboxylic acid groups (broad SMARTS) is 1. The van der Waals surface area contributed by atoms with Crippen LogP contribution in [-0.4, -0.2) is 34.4 Å². The first kappa shape index (κ1) is 13.5. The number of halogens is 1. The molecule has 0 spiro atoms. The Labute approximate surface area is 111 Å². The van der Waals surface area contributed by atoms with E-state index in [-0.39, 0.29) is 17.0 Å². The summed E-state index contributed by atoms with van der Waals surface area (Å²) in [4.78, 5) is 22.1. The summed E-state index contributed by atoms with van der Waals surface area (Å²) in [6.45, 7) is 0. The molecule has 0 bridgehead atoms. The molecule has 7 nitrogen and oxygen atoms in total. The van der Waals surface area contributed by atoms with Gasteiger partial charge in [0.2, 0.25) is 0 Å². The fourth-order valence-electron chi connectivity index (χ4n) is 1.52. The number of nitrogens with zero attached hydrogens (tertiary/aromatic N) is 1. The van der Waals surface area contributed by atoms with Crippen LogP contribution in [0.25, 0.3) is 11.3 Å². The second-order valence-corrected chi connectivity index (χ2v) is 3.73. The standard InChI is InChI=1S/C12H8FNO6/c1-19-12(18)6-2-5(3-7(13)10(6)15)9-4-8(11(16)17)14-20-9/h2-4,15H,1H3,(H,16,17). The molecule has 0 aliphatic heterocycles. The molecule has 0 aliphatic rings. The van der Waals surface area contributed by atoms with Crippen molar-refractivity contribution in [1.29, 1.82) is 0 Å². The number of carboxylic acids is 1. The van der Waals surface area contributed by atoms with Crippen molar-refractivity contribution in [2.75, 3.05) is 7.11 Å². The van der Waals surface area contributed by atoms with Gasteiger partial charge < -0.3 is 19.5 Å². The van der Waals surface area contributed by atoms with Gasteiger partial charge in [-0.15, -0.1) is 0 Å². The van der Waals surface area contributed by atoms with Crippen molar-refractivity contribution in [3.8, 4) is 17.1 Å². The van der Waals surface area contributed by atoms with Gasteiger partial charge in [0.25, 0.3) is 0 Å². The molecule has 2 N–H and O–H groups in total. The SMILES string of the molecule is COC(=O)c1cc(-c2cc(C(=O)O)no2)cc(F)c1O. The summed E-state index contributed by atoms with van der Waals surface area (Å²) in [6, 6.07) is 3.06. The van der Waals surface area contributed by atoms with E-state index in [2.05, 4.69) is 9.89 Å². The van der Waals surface area contributed by atoms with Crippen LogP contribution >= 0.6 is 0 Å². The van der Waals surface area contributed by atoms with E-state index in [0.717, 1.165) is 25.3 Å². The maximum Gasteiger partial charge on any atom is 0.358 e. The summed E-state index contributed by atoms with van der Waals surface area (Å²) in [5.74, 6) is -4.25. The normalized spacial score (nSPS) is 10.3. The van der Waals surface area contributed by atoms with E-state index in [1.807, 2.05) is 0 Å². The summed E-state index contributed by atoms with van der Waals surface area (Å²) in [5.41, 5.74) is -0.732. The topological polar surface area (TPSA) is 110 Å². The molecule has 8 heteroatoms. The molecule has 2 rings (SSSR count). The Bertz CT molecular complexity index is 693. The number of methoxy groups -OCH3 is 1. The largest absolute Gasteiger partial charge is 0.504 e. The van der Waals surface area contributed by atoms with Crippen molar-refractivity contribution < 1.29 is 33.5 Å². The number of aromatic carboxylic acids is 1. The highest BCUT2D eigenvalue weighted by Gasteiger charge is 2.20. The fourth-order valence-corrected chi connectivity index (χ4v) is 1.52. The number of ether oxygens (including phenoxy) is 1. The van der Waals surface area contributed by atoms with Crippen molar-refractivity contribution in [3.05, 3.63) is 35.3 Å². The van der Waals surface area contributed by atoms with Gasteiger partial charge in [0.1, 0.15) is 5.56 Å². The van der Waals surface area contributed by atoms with Crippen molar-refractivity contribution in [3.63, 3.8) is 0 Å². The lowest BCUT2D eigenvalue weighted by Crippen LogP contribution is -2.03. The van der Waals surface area contributed by atoms with Crippen molar-refractivity contribution >= 4 is 11.9 Å². The van der Waals surface area contributed by atoms with E-state index in [9.17, 15) is 19.1 Å². The molecule has 1 heterocycles. The van der Waals surface area contributed by atoms with Crippen molar-refractivity contribution in [2.45, 2.75) is 0 Å². The van der Waals surface area contributed by atoms with Gasteiger partial charge in [-0.3, -0.25) is 0 Å². The van der Waals surface area contributed by atoms with Crippen LogP contribution in [0.5, 0.6) is 5.75 Å². The molecule has 0 saturated heterocycles. The molecule has 0 aliphatic carbocycles. The van der Waals surface area contributed by atoms with Crippen LogP contribution in [0.3, 0.4) is 0 Å². The third-order valence-electron chi connectivity index (χ3n) is 2.48. The van der Waals surface area contributed by atoms with E-state index in [4.69, 9.17) is 9.63 Å². The van der Waals surface area contributed by atoms with E-state index < -0.39 is 29.1 Å². The molecule has 0 saturated carbocycles. The average Bonchev–Trinajstić information content (AvgIpc) is 2.90. The Hall–Kier alpha value is -2.90. The zero-order chi connectivity index (χ0) is 14.9. The lowest BCUT2D eigenvalue weighted by molar-refractivity contribution is 0.0595. The van der Waals surface area contributed by atoms with Crippen molar-refractivity contribution in [1.82, 2.24) is 5.16 Å². The van der Waals surface area contributed by atoms with Crippen LogP contribution in [0.2, 0.25) is 0 Å². The quantitative estimate of drug-likeness (QED) is 0.823. The second kappa shape index (κ2) is 5.00. The summed E-state index contributed by atoms with van der Waals surface area (Å²) in [5, 5.41) is 21.4. The lowest BCUT2D eigenvalue weighted by Gasteiger charge is -2.05. The predicted molar refractivity (Wildman–Crippen MR) is 61.9 cm³/mol. The van der Waals surface area contributed by atoms with Gasteiger partial charge in [0, 0.05) is 11.6 Å². The zero-order valence-corrected chi connectivity index (χ0v) is 10.1. The number of aromatic nitrogens is 1. The van der Waals surface area contributed by atoms with Gasteiger partial charge in [0.05, 0.1) is 7.11 Å². The minimum absolute atomic E-state index is 0.0423. The van der Waals surface area contributed by atoms with Crippen LogP contribution in [0, 0.1) is 5.82 Å². The number of phenolic OH excluding ortho intramolecular Hbond substituents is 1. The number of carbonyl (C=O) groups excluding carboxylic acids is 1. The molecule has 0 amide bonds. The van der Waals surface area contributed by atoms with Gasteiger partial charge in [-0.25, -0.2) is 14.0 Å². The zero-order valence-electron chi connectivity index (χ0n) is 10.1. The minimum Gasteiger partial charge on any atom is -0.504 e. The molecule has 2 aromatic rings. The smallest absolute Gasteiger partial charge is 0.358 e. The molecule has 104 valence electrons. The first-order valence-corrected chi connectivity index (χ1v) is 5.25. The van der Waals surface area contributed by atoms with Crippen LogP contribution in [0.1, 0.15) is 20.8 Å². The van der Waals surface area contributed by atoms with Gasteiger partial charge in [-0.05, 0) is 12.1 Å². The molecule has 0 atom stereocenters. The number of benzene rings is 1. The maximum absolute atomic E-state index is 13.6. The Morgan fingerprint density at radius 1 is 1.35 bits per heavy atom. The van der Waals surface area contributed by atoms with E-state index >= 15 is 0 Å². The fraction of sp³-hybridized carbons (Fsp3) is 0.0833. The Morgan fingerprint density at radius 3 is 2.60 bits per heavy atom. The monoisotopic (exact) mass is 281 g/mol. The molecular weight excluding hydrogens is 273 g/mol. The van der Waals surface area contributed by atoms with E-state index in [0.29, 0.717) is 0 Å². The van der Waals surface area contributed by atoms with E-state index in [1.165, 1.54) is 0 Å². The molecule has 20 heavy (non-hydrogen) atoms. The number of hydrogen-bond acceptors (Lipinski definition) is 6. The summed E-state index contributed by atoms with van der Waals surface area (Å²) in [6.07, 6.45) is 0. The number of phenols is 1. The third kappa shape index (κ3) is 2.30. The highest BCUT2D eigenvalue weighted by atomic mass is 19.1. The second-order valence-electron chi connectivity index (χ2n) is 3.73. The Morgan fingerprint density at radius 2 is 2.05 bits per heavy atom. The number of esters is 1. The lowest BCUT2D eigenvalue weighted by atomic mass is 10.1. The summed E-state index contributed by atoms with van der Waals surface area (Å²) in [7, 11) is 1.07. The van der Waals surface area contributed by atoms with Crippen LogP contribution in [0.4, 0.5) is 4.39 Å². The first-order chi connectivity index (χ1) is 9.43. The van der Waals surface area contributed by atoms with Crippen molar-refractivity contribution in [2.24, 2.45) is 0 Å². The highest BCUT2D eigenvalue weighted by molar-refractivity contribution is 5.94. The minimum atomic E-state index is -1.31. The number of carbonyl (C=O) groups is 2. The van der Waals surface area contributed by atoms with Gasteiger partial charge in [0.15, 0.2) is 23.0 Å². The predicted octanol–water partition coefficient (Wildman–Crippen LogP) is 1.67. The van der Waals surface area contributed by atoms with Gasteiger partial charge in [-0.2, -0.15) is 0 Å². The molecule has 0 fully saturated rings. The van der Waals surface area contributed by atoms with Crippen LogP contribution < -0.4 is 0 Å². The molecule has 0 unspecified atom stereocenters. The summed E-state index contributed by atoms with van der Waals surface area (Å²) < 4.78 is 22.7. The highest BCUT2D eigenvalue weighted by Crippen LogP contribution is 2.30. The van der Waals surface area contributed by atoms with Crippen LogP contribution in [-0.2, 0) is 4.74 Å². The Kier molecular flexibility index (Phi) is 3.38. The summed E-state index contributed by atoms with van der Waals surface area (Å²) >= 11 is 0. The average molecular weight is 281 g/mol. The number of rotatable bonds is 3. The molecule has 1 aromatic carbocycles. The Balaban J connectivity index is 2.54. The molecular formula is C12H8FNO6. The van der Waals surface area contributed by atoms with E-state index in [1.54, 1.807) is 0 Å². The van der Waals surface area contributed by atoms with Gasteiger partial charge >= 0.3 is 11.9 Å². The molecule has 0 radical (unpaired) electrons. The first-order valence-electron chi connectivity index (χ1n) is 5.25. The molecule has 1 aromatic heterocycles.